The van der Waals surface area contributed by atoms with E-state index in [9.17, 15) is 0 Å². The zero-order valence-corrected chi connectivity index (χ0v) is 11.5. The number of aliphatic hydroxyl groups is 1. The third kappa shape index (κ3) is 3.09. The lowest BCUT2D eigenvalue weighted by Crippen LogP contribution is -1.92. The Morgan fingerprint density at radius 2 is 2.00 bits per heavy atom. The Morgan fingerprint density at radius 1 is 1.28 bits per heavy atom. The van der Waals surface area contributed by atoms with Crippen LogP contribution < -0.4 is 4.74 Å². The summed E-state index contributed by atoms with van der Waals surface area (Å²) in [7, 11) is 0. The monoisotopic (exact) mass is 263 g/mol. The van der Waals surface area contributed by atoms with Gasteiger partial charge < -0.3 is 9.84 Å². The van der Waals surface area contributed by atoms with Crippen molar-refractivity contribution in [1.29, 1.82) is 0 Å². The molecule has 0 aliphatic heterocycles. The molecule has 2 rings (SSSR count). The molecule has 0 atom stereocenters. The molecule has 0 fully saturated rings. The van der Waals surface area contributed by atoms with E-state index in [0.717, 1.165) is 27.7 Å². The molecule has 0 radical (unpaired) electrons. The van der Waals surface area contributed by atoms with Crippen LogP contribution >= 0.6 is 11.3 Å². The summed E-state index contributed by atoms with van der Waals surface area (Å²) in [4.78, 5) is 5.42. The van der Waals surface area contributed by atoms with Crippen LogP contribution in [0.2, 0.25) is 0 Å². The van der Waals surface area contributed by atoms with Crippen molar-refractivity contribution in [3.8, 4) is 5.75 Å². The molecule has 3 nitrogen and oxygen atoms in total. The summed E-state index contributed by atoms with van der Waals surface area (Å²) in [5.41, 5.74) is 2.14. The second-order valence-electron chi connectivity index (χ2n) is 4.03. The largest absolute Gasteiger partial charge is 0.494 e. The molecule has 4 heteroatoms. The van der Waals surface area contributed by atoms with E-state index in [1.807, 2.05) is 26.0 Å². The minimum Gasteiger partial charge on any atom is -0.494 e. The number of nitrogens with zero attached hydrogens (tertiary/aromatic N) is 1. The number of aromatic nitrogens is 1. The highest BCUT2D eigenvalue weighted by atomic mass is 32.1. The van der Waals surface area contributed by atoms with Crippen molar-refractivity contribution < 1.29 is 9.84 Å². The SMILES string of the molecule is CCOc1ccc(Cc2nc(C)c(CO)s2)cc1. The standard InChI is InChI=1S/C14H17NO2S/c1-3-17-12-6-4-11(5-7-12)8-14-15-10(2)13(9-16)18-14/h4-7,16H,3,8-9H2,1-2H3. The summed E-state index contributed by atoms with van der Waals surface area (Å²) in [6.07, 6.45) is 0.803. The van der Waals surface area contributed by atoms with Crippen molar-refractivity contribution in [1.82, 2.24) is 4.98 Å². The van der Waals surface area contributed by atoms with Crippen LogP contribution in [0.15, 0.2) is 24.3 Å². The van der Waals surface area contributed by atoms with Crippen molar-refractivity contribution >= 4 is 11.3 Å². The molecule has 0 unspecified atom stereocenters. The number of ether oxygens (including phenoxy) is 1. The van der Waals surface area contributed by atoms with Crippen LogP contribution in [0.5, 0.6) is 5.75 Å². The van der Waals surface area contributed by atoms with Crippen LogP contribution in [0.4, 0.5) is 0 Å². The summed E-state index contributed by atoms with van der Waals surface area (Å²) in [5.74, 6) is 0.896. The van der Waals surface area contributed by atoms with Crippen LogP contribution in [-0.2, 0) is 13.0 Å². The van der Waals surface area contributed by atoms with Crippen LogP contribution in [-0.4, -0.2) is 16.7 Å². The molecule has 96 valence electrons. The highest BCUT2D eigenvalue weighted by molar-refractivity contribution is 7.11. The lowest BCUT2D eigenvalue weighted by Gasteiger charge is -2.03. The molecule has 0 spiro atoms. The second kappa shape index (κ2) is 5.98. The summed E-state index contributed by atoms with van der Waals surface area (Å²) in [5, 5.41) is 10.2. The van der Waals surface area contributed by atoms with Crippen LogP contribution in [0.1, 0.15) is 28.1 Å². The van der Waals surface area contributed by atoms with E-state index in [-0.39, 0.29) is 6.61 Å². The normalized spacial score (nSPS) is 10.6. The fourth-order valence-electron chi connectivity index (χ4n) is 1.76. The summed E-state index contributed by atoms with van der Waals surface area (Å²) >= 11 is 1.58. The first kappa shape index (κ1) is 13.1. The van der Waals surface area contributed by atoms with Gasteiger partial charge in [-0.3, -0.25) is 0 Å². The van der Waals surface area contributed by atoms with E-state index in [4.69, 9.17) is 9.84 Å². The molecular formula is C14H17NO2S. The first-order chi connectivity index (χ1) is 8.72. The van der Waals surface area contributed by atoms with Gasteiger partial charge in [0.05, 0.1) is 28.8 Å². The van der Waals surface area contributed by atoms with E-state index >= 15 is 0 Å². The first-order valence-electron chi connectivity index (χ1n) is 6.00. The maximum absolute atomic E-state index is 9.15. The number of benzene rings is 1. The highest BCUT2D eigenvalue weighted by Gasteiger charge is 2.07. The first-order valence-corrected chi connectivity index (χ1v) is 6.82. The van der Waals surface area contributed by atoms with Gasteiger partial charge in [0, 0.05) is 6.42 Å². The third-order valence-electron chi connectivity index (χ3n) is 2.67. The molecule has 0 amide bonds. The lowest BCUT2D eigenvalue weighted by atomic mass is 10.1. The molecule has 1 aromatic heterocycles. The van der Waals surface area contributed by atoms with Gasteiger partial charge in [0.1, 0.15) is 5.75 Å². The summed E-state index contributed by atoms with van der Waals surface area (Å²) in [6.45, 7) is 4.67. The average Bonchev–Trinajstić information content (AvgIpc) is 2.72. The van der Waals surface area contributed by atoms with Crippen molar-refractivity contribution in [3.05, 3.63) is 45.4 Å². The van der Waals surface area contributed by atoms with Crippen LogP contribution in [0, 0.1) is 6.92 Å². The number of hydrogen-bond donors (Lipinski definition) is 1. The summed E-state index contributed by atoms with van der Waals surface area (Å²) < 4.78 is 5.41. The number of rotatable bonds is 5. The zero-order valence-electron chi connectivity index (χ0n) is 10.6. The van der Waals surface area contributed by atoms with Gasteiger partial charge in [0.2, 0.25) is 0 Å². The minimum atomic E-state index is 0.0762. The van der Waals surface area contributed by atoms with Crippen molar-refractivity contribution in [2.45, 2.75) is 26.9 Å². The van der Waals surface area contributed by atoms with Gasteiger partial charge in [0.25, 0.3) is 0 Å². The minimum absolute atomic E-state index is 0.0762. The van der Waals surface area contributed by atoms with Crippen LogP contribution in [0.3, 0.4) is 0 Å². The lowest BCUT2D eigenvalue weighted by molar-refractivity contribution is 0.284. The number of hydrogen-bond acceptors (Lipinski definition) is 4. The molecule has 1 N–H and O–H groups in total. The number of thiazole rings is 1. The smallest absolute Gasteiger partial charge is 0.119 e. The Balaban J connectivity index is 2.08. The Hall–Kier alpha value is -1.39. The van der Waals surface area contributed by atoms with E-state index in [1.165, 1.54) is 5.56 Å². The van der Waals surface area contributed by atoms with E-state index < -0.39 is 0 Å². The Morgan fingerprint density at radius 3 is 2.56 bits per heavy atom. The fraction of sp³-hybridized carbons (Fsp3) is 0.357. The Labute approximate surface area is 111 Å². The van der Waals surface area contributed by atoms with Crippen molar-refractivity contribution in [3.63, 3.8) is 0 Å². The molecule has 0 saturated carbocycles. The van der Waals surface area contributed by atoms with Gasteiger partial charge in [-0.15, -0.1) is 11.3 Å². The van der Waals surface area contributed by atoms with Crippen molar-refractivity contribution in [2.24, 2.45) is 0 Å². The molecule has 0 bridgehead atoms. The maximum Gasteiger partial charge on any atom is 0.119 e. The molecule has 1 aromatic carbocycles. The molecule has 0 aliphatic rings. The fourth-order valence-corrected chi connectivity index (χ4v) is 2.72. The van der Waals surface area contributed by atoms with Gasteiger partial charge in [-0.05, 0) is 31.5 Å². The molecule has 1 heterocycles. The number of aryl methyl sites for hydroxylation is 1. The van der Waals surface area contributed by atoms with E-state index in [1.54, 1.807) is 11.3 Å². The van der Waals surface area contributed by atoms with Gasteiger partial charge in [-0.2, -0.15) is 0 Å². The quantitative estimate of drug-likeness (QED) is 0.902. The van der Waals surface area contributed by atoms with Crippen LogP contribution in [0.25, 0.3) is 0 Å². The third-order valence-corrected chi connectivity index (χ3v) is 3.81. The summed E-state index contributed by atoms with van der Waals surface area (Å²) in [6, 6.07) is 8.07. The predicted octanol–water partition coefficient (Wildman–Crippen LogP) is 2.93. The van der Waals surface area contributed by atoms with Crippen molar-refractivity contribution in [2.75, 3.05) is 6.61 Å². The molecule has 0 saturated heterocycles. The topological polar surface area (TPSA) is 42.4 Å². The second-order valence-corrected chi connectivity index (χ2v) is 5.20. The molecule has 0 aliphatic carbocycles. The number of aliphatic hydroxyl groups excluding tert-OH is 1. The Bertz CT molecular complexity index is 505. The molecular weight excluding hydrogens is 246 g/mol. The average molecular weight is 263 g/mol. The predicted molar refractivity (Wildman–Crippen MR) is 73.2 cm³/mol. The van der Waals surface area contributed by atoms with Gasteiger partial charge >= 0.3 is 0 Å². The van der Waals surface area contributed by atoms with E-state index in [0.29, 0.717) is 6.61 Å². The Kier molecular flexibility index (Phi) is 4.33. The van der Waals surface area contributed by atoms with Gasteiger partial charge in [0.15, 0.2) is 0 Å². The van der Waals surface area contributed by atoms with E-state index in [2.05, 4.69) is 17.1 Å². The van der Waals surface area contributed by atoms with Gasteiger partial charge in [-0.1, -0.05) is 12.1 Å². The zero-order chi connectivity index (χ0) is 13.0. The van der Waals surface area contributed by atoms with Gasteiger partial charge in [-0.25, -0.2) is 4.98 Å². The molecule has 18 heavy (non-hydrogen) atoms. The maximum atomic E-state index is 9.15. The highest BCUT2D eigenvalue weighted by Crippen LogP contribution is 2.21. The molecule has 2 aromatic rings.